The molecule has 0 aliphatic carbocycles. The fourth-order valence-electron chi connectivity index (χ4n) is 1.91. The van der Waals surface area contributed by atoms with Crippen molar-refractivity contribution in [1.82, 2.24) is 5.32 Å². The standard InChI is InChI=1S/C17H17IN2O/c1-12-4-3-5-14(10-12)8-9-19-17(21)20-16-7-6-15(18)11-13(16)2/h3-11H,1-2H3,(H2,19,20,21)/b9-8+. The van der Waals surface area contributed by atoms with Crippen molar-refractivity contribution < 1.29 is 4.79 Å². The van der Waals surface area contributed by atoms with E-state index >= 15 is 0 Å². The number of amides is 2. The van der Waals surface area contributed by atoms with E-state index in [0.29, 0.717) is 0 Å². The fraction of sp³-hybridized carbons (Fsp3) is 0.118. The topological polar surface area (TPSA) is 41.1 Å². The highest BCUT2D eigenvalue weighted by Gasteiger charge is 2.02. The van der Waals surface area contributed by atoms with Crippen LogP contribution in [0.2, 0.25) is 0 Å². The molecule has 0 spiro atoms. The predicted molar refractivity (Wildman–Crippen MR) is 96.3 cm³/mol. The van der Waals surface area contributed by atoms with E-state index in [0.717, 1.165) is 20.4 Å². The van der Waals surface area contributed by atoms with Gasteiger partial charge in [-0.3, -0.25) is 0 Å². The SMILES string of the molecule is Cc1cccc(/C=C/NC(=O)Nc2ccc(I)cc2C)c1. The lowest BCUT2D eigenvalue weighted by Gasteiger charge is -2.08. The third-order valence-electron chi connectivity index (χ3n) is 2.97. The van der Waals surface area contributed by atoms with Gasteiger partial charge in [0.25, 0.3) is 0 Å². The van der Waals surface area contributed by atoms with E-state index in [1.165, 1.54) is 5.56 Å². The van der Waals surface area contributed by atoms with Gasteiger partial charge in [-0.2, -0.15) is 0 Å². The molecule has 21 heavy (non-hydrogen) atoms. The molecule has 0 bridgehead atoms. The summed E-state index contributed by atoms with van der Waals surface area (Å²) in [5.41, 5.74) is 4.11. The lowest BCUT2D eigenvalue weighted by molar-refractivity contribution is 0.255. The highest BCUT2D eigenvalue weighted by molar-refractivity contribution is 14.1. The van der Waals surface area contributed by atoms with Crippen molar-refractivity contribution in [3.05, 3.63) is 68.9 Å². The first-order valence-electron chi connectivity index (χ1n) is 6.61. The minimum atomic E-state index is -0.247. The summed E-state index contributed by atoms with van der Waals surface area (Å²) in [7, 11) is 0. The monoisotopic (exact) mass is 392 g/mol. The Morgan fingerprint density at radius 1 is 1.14 bits per heavy atom. The minimum absolute atomic E-state index is 0.247. The number of nitrogens with one attached hydrogen (secondary N) is 2. The molecule has 0 atom stereocenters. The molecule has 4 heteroatoms. The van der Waals surface area contributed by atoms with Crippen molar-refractivity contribution in [2.45, 2.75) is 13.8 Å². The third-order valence-corrected chi connectivity index (χ3v) is 3.64. The molecule has 3 nitrogen and oxygen atoms in total. The van der Waals surface area contributed by atoms with Crippen LogP contribution in [0.5, 0.6) is 0 Å². The zero-order valence-electron chi connectivity index (χ0n) is 12.0. The summed E-state index contributed by atoms with van der Waals surface area (Å²) >= 11 is 2.25. The summed E-state index contributed by atoms with van der Waals surface area (Å²) in [5, 5.41) is 5.54. The summed E-state index contributed by atoms with van der Waals surface area (Å²) < 4.78 is 1.15. The Kier molecular flexibility index (Phi) is 5.38. The number of hydrogen-bond donors (Lipinski definition) is 2. The van der Waals surface area contributed by atoms with Crippen LogP contribution in [0.15, 0.2) is 48.7 Å². The van der Waals surface area contributed by atoms with Gasteiger partial charge >= 0.3 is 6.03 Å². The molecular weight excluding hydrogens is 375 g/mol. The molecule has 0 aliphatic heterocycles. The summed E-state index contributed by atoms with van der Waals surface area (Å²) in [4.78, 5) is 11.8. The molecular formula is C17H17IN2O. The van der Waals surface area contributed by atoms with Crippen molar-refractivity contribution in [3.63, 3.8) is 0 Å². The number of halogens is 1. The normalized spacial score (nSPS) is 10.6. The predicted octanol–water partition coefficient (Wildman–Crippen LogP) is 4.70. The molecule has 2 amide bonds. The van der Waals surface area contributed by atoms with E-state index in [9.17, 15) is 4.79 Å². The van der Waals surface area contributed by atoms with Gasteiger partial charge in [-0.15, -0.1) is 0 Å². The van der Waals surface area contributed by atoms with Gasteiger partial charge in [-0.05, 0) is 71.8 Å². The first-order chi connectivity index (χ1) is 10.0. The van der Waals surface area contributed by atoms with E-state index in [1.54, 1.807) is 6.20 Å². The van der Waals surface area contributed by atoms with Crippen LogP contribution < -0.4 is 10.6 Å². The van der Waals surface area contributed by atoms with Gasteiger partial charge in [0.1, 0.15) is 0 Å². The molecule has 108 valence electrons. The lowest BCUT2D eigenvalue weighted by atomic mass is 10.1. The minimum Gasteiger partial charge on any atom is -0.314 e. The number of benzene rings is 2. The fourth-order valence-corrected chi connectivity index (χ4v) is 2.56. The quantitative estimate of drug-likeness (QED) is 0.731. The van der Waals surface area contributed by atoms with Crippen LogP contribution in [0.3, 0.4) is 0 Å². The lowest BCUT2D eigenvalue weighted by Crippen LogP contribution is -2.24. The largest absolute Gasteiger partial charge is 0.323 e. The van der Waals surface area contributed by atoms with Crippen LogP contribution in [-0.2, 0) is 0 Å². The van der Waals surface area contributed by atoms with Crippen LogP contribution in [0, 0.1) is 17.4 Å². The first kappa shape index (κ1) is 15.6. The van der Waals surface area contributed by atoms with E-state index in [-0.39, 0.29) is 6.03 Å². The molecule has 0 aromatic heterocycles. The molecule has 0 saturated heterocycles. The Bertz CT molecular complexity index is 680. The molecule has 0 heterocycles. The molecule has 0 aliphatic rings. The van der Waals surface area contributed by atoms with E-state index in [1.807, 2.05) is 56.3 Å². The molecule has 0 fully saturated rings. The maximum absolute atomic E-state index is 11.8. The Hall–Kier alpha value is -1.82. The number of hydrogen-bond acceptors (Lipinski definition) is 1. The number of aryl methyl sites for hydroxylation is 2. The van der Waals surface area contributed by atoms with Crippen molar-refractivity contribution in [2.24, 2.45) is 0 Å². The zero-order chi connectivity index (χ0) is 15.2. The van der Waals surface area contributed by atoms with E-state index in [4.69, 9.17) is 0 Å². The molecule has 0 unspecified atom stereocenters. The Morgan fingerprint density at radius 3 is 2.67 bits per heavy atom. The van der Waals surface area contributed by atoms with Crippen molar-refractivity contribution in [1.29, 1.82) is 0 Å². The Morgan fingerprint density at radius 2 is 1.95 bits per heavy atom. The summed E-state index contributed by atoms with van der Waals surface area (Å²) in [5.74, 6) is 0. The summed E-state index contributed by atoms with van der Waals surface area (Å²) in [6, 6.07) is 13.7. The van der Waals surface area contributed by atoms with Gasteiger partial charge in [0.15, 0.2) is 0 Å². The maximum Gasteiger partial charge on any atom is 0.323 e. The Labute approximate surface area is 138 Å². The van der Waals surface area contributed by atoms with Gasteiger partial charge in [0, 0.05) is 15.5 Å². The zero-order valence-corrected chi connectivity index (χ0v) is 14.1. The van der Waals surface area contributed by atoms with Crippen molar-refractivity contribution in [3.8, 4) is 0 Å². The van der Waals surface area contributed by atoms with Gasteiger partial charge in [0.05, 0.1) is 0 Å². The number of anilines is 1. The number of urea groups is 1. The van der Waals surface area contributed by atoms with Crippen molar-refractivity contribution >= 4 is 40.4 Å². The third kappa shape index (κ3) is 4.90. The Balaban J connectivity index is 1.93. The highest BCUT2D eigenvalue weighted by Crippen LogP contribution is 2.17. The van der Waals surface area contributed by atoms with Gasteiger partial charge in [0.2, 0.25) is 0 Å². The number of carbonyl (C=O) groups excluding carboxylic acids is 1. The van der Waals surface area contributed by atoms with Crippen LogP contribution in [0.1, 0.15) is 16.7 Å². The van der Waals surface area contributed by atoms with E-state index < -0.39 is 0 Å². The second-order valence-electron chi connectivity index (χ2n) is 4.81. The van der Waals surface area contributed by atoms with Gasteiger partial charge < -0.3 is 10.6 Å². The molecule has 2 aromatic rings. The molecule has 0 radical (unpaired) electrons. The second-order valence-corrected chi connectivity index (χ2v) is 6.05. The molecule has 2 aromatic carbocycles. The van der Waals surface area contributed by atoms with Crippen LogP contribution in [0.4, 0.5) is 10.5 Å². The van der Waals surface area contributed by atoms with Crippen LogP contribution in [0.25, 0.3) is 6.08 Å². The average molecular weight is 392 g/mol. The number of carbonyl (C=O) groups is 1. The number of rotatable bonds is 3. The van der Waals surface area contributed by atoms with Crippen LogP contribution >= 0.6 is 22.6 Å². The van der Waals surface area contributed by atoms with Gasteiger partial charge in [-0.1, -0.05) is 29.8 Å². The summed E-state index contributed by atoms with van der Waals surface area (Å²) in [6.07, 6.45) is 3.51. The molecule has 2 rings (SSSR count). The summed E-state index contributed by atoms with van der Waals surface area (Å²) in [6.45, 7) is 4.01. The van der Waals surface area contributed by atoms with E-state index in [2.05, 4.69) is 39.3 Å². The molecule has 0 saturated carbocycles. The van der Waals surface area contributed by atoms with Gasteiger partial charge in [-0.25, -0.2) is 4.79 Å². The van der Waals surface area contributed by atoms with Crippen LogP contribution in [-0.4, -0.2) is 6.03 Å². The second kappa shape index (κ2) is 7.26. The smallest absolute Gasteiger partial charge is 0.314 e. The maximum atomic E-state index is 11.8. The van der Waals surface area contributed by atoms with Crippen molar-refractivity contribution in [2.75, 3.05) is 5.32 Å². The highest BCUT2D eigenvalue weighted by atomic mass is 127. The molecule has 2 N–H and O–H groups in total. The first-order valence-corrected chi connectivity index (χ1v) is 7.69. The average Bonchev–Trinajstić information content (AvgIpc) is 2.42.